The van der Waals surface area contributed by atoms with E-state index in [9.17, 15) is 19.5 Å². The molecule has 0 bridgehead atoms. The largest absolute Gasteiger partial charge is 0.481 e. The van der Waals surface area contributed by atoms with E-state index in [0.717, 1.165) is 38.5 Å². The highest BCUT2D eigenvalue weighted by atomic mass is 16.5. The Morgan fingerprint density at radius 3 is 2.21 bits per heavy atom. The standard InChI is InChI=1S/C41H67NO5/c1-12-26(4)42-32(43)23-41-20-15-27(25(2)3)34(41)28-13-14-30-38(9)18-17-31(47-33(44)24-36(5,6)35(45)46)37(7,8)29(38)16-19-40(30,11)39(28,10)21-22-41/h26-31,34H,2,12-24H2,1,3-11H3,(H,42,43)(H,45,46)/t26?,27-,28+,29-,30+,31-,34+,38-,39+,40+,41+/m0/s1. The van der Waals surface area contributed by atoms with Gasteiger partial charge < -0.3 is 15.2 Å². The molecule has 5 rings (SSSR count). The fraction of sp³-hybridized carbons (Fsp3) is 0.878. The van der Waals surface area contributed by atoms with Crippen molar-refractivity contribution in [2.75, 3.05) is 0 Å². The van der Waals surface area contributed by atoms with Crippen LogP contribution in [0.4, 0.5) is 0 Å². The van der Waals surface area contributed by atoms with Crippen LogP contribution in [0.25, 0.3) is 0 Å². The lowest BCUT2D eigenvalue weighted by Crippen LogP contribution is -2.67. The third-order valence-electron chi connectivity index (χ3n) is 16.1. The first-order valence-corrected chi connectivity index (χ1v) is 19.1. The summed E-state index contributed by atoms with van der Waals surface area (Å²) in [5.41, 5.74) is 0.641. The van der Waals surface area contributed by atoms with Gasteiger partial charge in [0.25, 0.3) is 0 Å². The van der Waals surface area contributed by atoms with Crippen molar-refractivity contribution in [3.63, 3.8) is 0 Å². The number of allylic oxidation sites excluding steroid dienone is 1. The summed E-state index contributed by atoms with van der Waals surface area (Å²) in [5, 5.41) is 12.9. The number of carboxylic acids is 1. The van der Waals surface area contributed by atoms with Gasteiger partial charge in [-0.3, -0.25) is 14.4 Å². The normalized spacial score (nSPS) is 42.9. The van der Waals surface area contributed by atoms with Crippen LogP contribution in [0.15, 0.2) is 12.2 Å². The van der Waals surface area contributed by atoms with Crippen LogP contribution < -0.4 is 5.32 Å². The number of nitrogens with one attached hydrogen (secondary N) is 1. The van der Waals surface area contributed by atoms with Crippen molar-refractivity contribution in [1.82, 2.24) is 5.32 Å². The minimum Gasteiger partial charge on any atom is -0.481 e. The zero-order valence-electron chi connectivity index (χ0n) is 31.5. The average molecular weight is 654 g/mol. The van der Waals surface area contributed by atoms with Crippen molar-refractivity contribution in [3.05, 3.63) is 12.2 Å². The molecule has 5 saturated carbocycles. The van der Waals surface area contributed by atoms with Crippen LogP contribution >= 0.6 is 0 Å². The van der Waals surface area contributed by atoms with Crippen LogP contribution in [0.3, 0.4) is 0 Å². The topological polar surface area (TPSA) is 92.7 Å². The maximum absolute atomic E-state index is 13.5. The van der Waals surface area contributed by atoms with Gasteiger partial charge >= 0.3 is 11.9 Å². The number of carbonyl (C=O) groups is 3. The Kier molecular flexibility index (Phi) is 9.44. The van der Waals surface area contributed by atoms with Crippen molar-refractivity contribution >= 4 is 17.8 Å². The summed E-state index contributed by atoms with van der Waals surface area (Å²) in [6, 6.07) is 0.217. The van der Waals surface area contributed by atoms with Gasteiger partial charge in [0.05, 0.1) is 11.8 Å². The molecule has 0 heterocycles. The Bertz CT molecular complexity index is 1270. The van der Waals surface area contributed by atoms with Gasteiger partial charge in [0.1, 0.15) is 6.10 Å². The maximum atomic E-state index is 13.5. The highest BCUT2D eigenvalue weighted by molar-refractivity contribution is 5.81. The molecule has 5 aliphatic carbocycles. The molecule has 0 radical (unpaired) electrons. The first-order valence-electron chi connectivity index (χ1n) is 19.1. The van der Waals surface area contributed by atoms with Crippen molar-refractivity contribution in [3.8, 4) is 0 Å². The molecular formula is C41H67NO5. The fourth-order valence-corrected chi connectivity index (χ4v) is 13.2. The Morgan fingerprint density at radius 2 is 1.60 bits per heavy atom. The number of rotatable bonds is 9. The number of aliphatic carboxylic acids is 1. The highest BCUT2D eigenvalue weighted by Gasteiger charge is 2.71. The molecule has 5 aliphatic rings. The smallest absolute Gasteiger partial charge is 0.309 e. The molecule has 0 aromatic heterocycles. The molecule has 5 fully saturated rings. The number of esters is 1. The van der Waals surface area contributed by atoms with Gasteiger partial charge in [0.2, 0.25) is 5.91 Å². The van der Waals surface area contributed by atoms with Gasteiger partial charge in [0.15, 0.2) is 0 Å². The van der Waals surface area contributed by atoms with Crippen LogP contribution in [0.5, 0.6) is 0 Å². The molecule has 6 nitrogen and oxygen atoms in total. The summed E-state index contributed by atoms with van der Waals surface area (Å²) in [6.07, 6.45) is 12.6. The van der Waals surface area contributed by atoms with Crippen LogP contribution in [0.1, 0.15) is 153 Å². The minimum atomic E-state index is -1.14. The summed E-state index contributed by atoms with van der Waals surface area (Å²) >= 11 is 0. The zero-order chi connectivity index (χ0) is 35.0. The Morgan fingerprint density at radius 1 is 0.915 bits per heavy atom. The van der Waals surface area contributed by atoms with Crippen molar-refractivity contribution < 1.29 is 24.2 Å². The first kappa shape index (κ1) is 36.4. The second-order valence-corrected chi connectivity index (χ2v) is 19.3. The lowest BCUT2D eigenvalue weighted by molar-refractivity contribution is -0.250. The number of fused-ring (bicyclic) bond motifs is 7. The Hall–Kier alpha value is -1.85. The van der Waals surface area contributed by atoms with Gasteiger partial charge in [-0.15, -0.1) is 0 Å². The lowest BCUT2D eigenvalue weighted by atomic mass is 9.32. The number of hydrogen-bond acceptors (Lipinski definition) is 4. The van der Waals surface area contributed by atoms with Crippen LogP contribution in [0.2, 0.25) is 0 Å². The third-order valence-corrected chi connectivity index (χ3v) is 16.1. The predicted octanol–water partition coefficient (Wildman–Crippen LogP) is 9.36. The molecule has 0 aliphatic heterocycles. The van der Waals surface area contributed by atoms with E-state index in [1.54, 1.807) is 13.8 Å². The monoisotopic (exact) mass is 654 g/mol. The van der Waals surface area contributed by atoms with Gasteiger partial charge in [0, 0.05) is 17.9 Å². The second kappa shape index (κ2) is 12.2. The van der Waals surface area contributed by atoms with E-state index in [1.807, 2.05) is 0 Å². The highest BCUT2D eigenvalue weighted by Crippen LogP contribution is 2.78. The molecule has 0 spiro atoms. The fourth-order valence-electron chi connectivity index (χ4n) is 13.2. The molecule has 0 saturated heterocycles. The lowest BCUT2D eigenvalue weighted by Gasteiger charge is -2.73. The van der Waals surface area contributed by atoms with Gasteiger partial charge in [-0.25, -0.2) is 0 Å². The molecule has 0 aromatic carbocycles. The predicted molar refractivity (Wildman–Crippen MR) is 187 cm³/mol. The summed E-state index contributed by atoms with van der Waals surface area (Å²) in [4.78, 5) is 38.2. The Labute approximate surface area is 286 Å². The van der Waals surface area contributed by atoms with E-state index in [0.29, 0.717) is 36.0 Å². The van der Waals surface area contributed by atoms with E-state index in [4.69, 9.17) is 4.74 Å². The minimum absolute atomic E-state index is 0.0781. The van der Waals surface area contributed by atoms with Gasteiger partial charge in [-0.1, -0.05) is 53.7 Å². The van der Waals surface area contributed by atoms with E-state index >= 15 is 0 Å². The number of hydrogen-bond donors (Lipinski definition) is 2. The van der Waals surface area contributed by atoms with E-state index in [2.05, 4.69) is 67.3 Å². The van der Waals surface area contributed by atoms with Crippen molar-refractivity contribution in [1.29, 1.82) is 0 Å². The number of carboxylic acid groups (broad SMARTS) is 1. The van der Waals surface area contributed by atoms with Crippen LogP contribution in [0, 0.1) is 62.1 Å². The summed E-state index contributed by atoms with van der Waals surface area (Å²) in [7, 11) is 0. The average Bonchev–Trinajstić information content (AvgIpc) is 3.34. The summed E-state index contributed by atoms with van der Waals surface area (Å²) in [6.45, 7) is 26.7. The number of carbonyl (C=O) groups excluding carboxylic acids is 2. The number of ether oxygens (including phenoxy) is 1. The quantitative estimate of drug-likeness (QED) is 0.191. The molecule has 1 unspecified atom stereocenters. The molecule has 6 heteroatoms. The van der Waals surface area contributed by atoms with E-state index in [-0.39, 0.29) is 57.5 Å². The third kappa shape index (κ3) is 5.72. The summed E-state index contributed by atoms with van der Waals surface area (Å²) in [5.74, 6) is 1.54. The zero-order valence-corrected chi connectivity index (χ0v) is 31.5. The summed E-state index contributed by atoms with van der Waals surface area (Å²) < 4.78 is 6.17. The van der Waals surface area contributed by atoms with Crippen LogP contribution in [-0.4, -0.2) is 35.1 Å². The van der Waals surface area contributed by atoms with Gasteiger partial charge in [-0.05, 0) is 150 Å². The van der Waals surface area contributed by atoms with E-state index < -0.39 is 11.4 Å². The molecular weight excluding hydrogens is 586 g/mol. The SMILES string of the molecule is C=C(C)[C@@H]1CC[C@]2(CC(=O)NC(C)CC)CC[C@]3(C)[C@H](CC[C@@H]4[C@@]5(C)CC[C@H](OC(=O)CC(C)(C)C(=O)O)C(C)(C)[C@@H]5CC[C@]43C)[C@@H]12. The second-order valence-electron chi connectivity index (χ2n) is 19.3. The van der Waals surface area contributed by atoms with Crippen LogP contribution in [-0.2, 0) is 19.1 Å². The van der Waals surface area contributed by atoms with E-state index in [1.165, 1.54) is 37.7 Å². The molecule has 47 heavy (non-hydrogen) atoms. The molecule has 1 amide bonds. The van der Waals surface area contributed by atoms with Crippen molar-refractivity contribution in [2.24, 2.45) is 62.1 Å². The molecule has 266 valence electrons. The Balaban J connectivity index is 1.40. The number of amides is 1. The maximum Gasteiger partial charge on any atom is 0.309 e. The van der Waals surface area contributed by atoms with Crippen molar-refractivity contribution in [2.45, 2.75) is 165 Å². The first-order chi connectivity index (χ1) is 21.7. The molecule has 2 N–H and O–H groups in total. The molecule has 11 atom stereocenters. The molecule has 0 aromatic rings. The van der Waals surface area contributed by atoms with Gasteiger partial charge in [-0.2, -0.15) is 0 Å².